The van der Waals surface area contributed by atoms with Crippen molar-refractivity contribution < 1.29 is 4.79 Å². The SMILES string of the molecule is CC[C@H](Sc1nc2c(cc1C#N)C[C@H](c1ccccc1)CC2)C(=O)N[C@H](C)c1ccccc1. The van der Waals surface area contributed by atoms with Gasteiger partial charge in [0.25, 0.3) is 0 Å². The number of thioether (sulfide) groups is 1. The van der Waals surface area contributed by atoms with Gasteiger partial charge in [0.2, 0.25) is 5.91 Å². The van der Waals surface area contributed by atoms with Gasteiger partial charge in [0, 0.05) is 5.69 Å². The van der Waals surface area contributed by atoms with Crippen LogP contribution >= 0.6 is 11.8 Å². The zero-order valence-corrected chi connectivity index (χ0v) is 19.9. The van der Waals surface area contributed by atoms with Crippen molar-refractivity contribution in [2.75, 3.05) is 0 Å². The molecular formula is C28H29N3OS. The quantitative estimate of drug-likeness (QED) is 0.446. The van der Waals surface area contributed by atoms with Crippen molar-refractivity contribution in [3.8, 4) is 6.07 Å². The van der Waals surface area contributed by atoms with E-state index in [1.807, 2.05) is 56.3 Å². The summed E-state index contributed by atoms with van der Waals surface area (Å²) in [6, 6.07) is 24.8. The van der Waals surface area contributed by atoms with Crippen LogP contribution in [0.4, 0.5) is 0 Å². The summed E-state index contributed by atoms with van der Waals surface area (Å²) in [6.45, 7) is 3.99. The van der Waals surface area contributed by atoms with E-state index >= 15 is 0 Å². The number of fused-ring (bicyclic) bond motifs is 1. The van der Waals surface area contributed by atoms with Crippen molar-refractivity contribution in [3.63, 3.8) is 0 Å². The highest BCUT2D eigenvalue weighted by Gasteiger charge is 2.26. The predicted molar refractivity (Wildman–Crippen MR) is 133 cm³/mol. The summed E-state index contributed by atoms with van der Waals surface area (Å²) >= 11 is 1.41. The Morgan fingerprint density at radius 2 is 1.88 bits per heavy atom. The van der Waals surface area contributed by atoms with Crippen LogP contribution in [0.1, 0.15) is 66.6 Å². The van der Waals surface area contributed by atoms with E-state index in [1.165, 1.54) is 17.3 Å². The number of nitrogens with zero attached hydrogens (tertiary/aromatic N) is 2. The molecule has 0 saturated carbocycles. The molecule has 0 spiro atoms. The first kappa shape index (κ1) is 23.1. The lowest BCUT2D eigenvalue weighted by Crippen LogP contribution is -2.34. The minimum absolute atomic E-state index is 0.0218. The number of amides is 1. The fraction of sp³-hybridized carbons (Fsp3) is 0.321. The van der Waals surface area contributed by atoms with Gasteiger partial charge in [0.1, 0.15) is 11.1 Å². The summed E-state index contributed by atoms with van der Waals surface area (Å²) in [4.78, 5) is 17.9. The summed E-state index contributed by atoms with van der Waals surface area (Å²) in [5.74, 6) is 0.436. The third kappa shape index (κ3) is 5.46. The number of pyridine rings is 1. The van der Waals surface area contributed by atoms with Gasteiger partial charge in [-0.1, -0.05) is 79.3 Å². The van der Waals surface area contributed by atoms with Gasteiger partial charge in [-0.25, -0.2) is 4.98 Å². The number of aromatic nitrogens is 1. The van der Waals surface area contributed by atoms with Gasteiger partial charge >= 0.3 is 0 Å². The molecule has 0 radical (unpaired) electrons. The van der Waals surface area contributed by atoms with E-state index in [0.717, 1.165) is 36.1 Å². The Morgan fingerprint density at radius 3 is 2.55 bits per heavy atom. The van der Waals surface area contributed by atoms with E-state index in [-0.39, 0.29) is 17.2 Å². The standard InChI is InChI=1S/C28H29N3OS/c1-3-26(27(32)30-19(2)20-10-6-4-7-11-20)33-28-24(18-29)17-23-16-22(14-15-25(23)31-28)21-12-8-5-9-13-21/h4-13,17,19,22,26H,3,14-16H2,1-2H3,(H,30,32)/t19-,22-,26+/m1/s1. The Balaban J connectivity index is 1.49. The maximum atomic E-state index is 13.0. The molecule has 5 heteroatoms. The Morgan fingerprint density at radius 1 is 1.18 bits per heavy atom. The topological polar surface area (TPSA) is 65.8 Å². The number of nitriles is 1. The molecule has 0 fully saturated rings. The van der Waals surface area contributed by atoms with Gasteiger partial charge in [-0.15, -0.1) is 0 Å². The molecule has 4 nitrogen and oxygen atoms in total. The van der Waals surface area contributed by atoms with Crippen molar-refractivity contribution in [3.05, 3.63) is 94.7 Å². The van der Waals surface area contributed by atoms with Crippen molar-refractivity contribution in [1.82, 2.24) is 10.3 Å². The number of hydrogen-bond donors (Lipinski definition) is 1. The molecule has 33 heavy (non-hydrogen) atoms. The molecule has 0 bridgehead atoms. The van der Waals surface area contributed by atoms with Crippen LogP contribution in [0, 0.1) is 11.3 Å². The highest BCUT2D eigenvalue weighted by Crippen LogP contribution is 2.35. The zero-order valence-electron chi connectivity index (χ0n) is 19.1. The zero-order chi connectivity index (χ0) is 23.2. The van der Waals surface area contributed by atoms with Gasteiger partial charge < -0.3 is 5.32 Å². The maximum absolute atomic E-state index is 13.0. The number of carbonyl (C=O) groups is 1. The lowest BCUT2D eigenvalue weighted by Gasteiger charge is -2.25. The molecule has 2 aromatic carbocycles. The van der Waals surface area contributed by atoms with Crippen LogP contribution in [0.3, 0.4) is 0 Å². The fourth-order valence-corrected chi connectivity index (χ4v) is 5.42. The largest absolute Gasteiger partial charge is 0.349 e. The van der Waals surface area contributed by atoms with Crippen molar-refractivity contribution >= 4 is 17.7 Å². The van der Waals surface area contributed by atoms with Crippen LogP contribution in [-0.4, -0.2) is 16.1 Å². The summed E-state index contributed by atoms with van der Waals surface area (Å²) in [5, 5.41) is 13.3. The average molecular weight is 456 g/mol. The lowest BCUT2D eigenvalue weighted by molar-refractivity contribution is -0.121. The molecule has 1 aromatic heterocycles. The average Bonchev–Trinajstić information content (AvgIpc) is 2.87. The Labute approximate surface area is 200 Å². The second-order valence-electron chi connectivity index (χ2n) is 8.56. The molecule has 4 rings (SSSR count). The Kier molecular flexibility index (Phi) is 7.47. The van der Waals surface area contributed by atoms with Gasteiger partial charge in [-0.05, 0) is 61.3 Å². The highest BCUT2D eigenvalue weighted by atomic mass is 32.2. The second kappa shape index (κ2) is 10.7. The molecule has 1 aliphatic carbocycles. The number of benzene rings is 2. The Hall–Kier alpha value is -3.10. The molecule has 0 unspecified atom stereocenters. The third-order valence-electron chi connectivity index (χ3n) is 6.32. The van der Waals surface area contributed by atoms with Gasteiger partial charge in [0.15, 0.2) is 0 Å². The van der Waals surface area contributed by atoms with Gasteiger partial charge in [-0.3, -0.25) is 4.79 Å². The van der Waals surface area contributed by atoms with E-state index in [0.29, 0.717) is 22.9 Å². The van der Waals surface area contributed by atoms with E-state index in [1.54, 1.807) is 0 Å². The van der Waals surface area contributed by atoms with Crippen LogP contribution in [0.25, 0.3) is 0 Å². The molecule has 0 aliphatic heterocycles. The van der Waals surface area contributed by atoms with E-state index in [4.69, 9.17) is 4.98 Å². The highest BCUT2D eigenvalue weighted by molar-refractivity contribution is 8.00. The normalized spacial score (nSPS) is 16.8. The molecular weight excluding hydrogens is 426 g/mol. The van der Waals surface area contributed by atoms with Crippen molar-refractivity contribution in [2.45, 2.75) is 61.8 Å². The lowest BCUT2D eigenvalue weighted by atomic mass is 9.82. The van der Waals surface area contributed by atoms with Crippen LogP contribution in [0.15, 0.2) is 71.8 Å². The molecule has 3 aromatic rings. The first-order valence-electron chi connectivity index (χ1n) is 11.6. The van der Waals surface area contributed by atoms with Crippen molar-refractivity contribution in [1.29, 1.82) is 5.26 Å². The van der Waals surface area contributed by atoms with Gasteiger partial charge in [0.05, 0.1) is 16.9 Å². The van der Waals surface area contributed by atoms with E-state index in [9.17, 15) is 10.1 Å². The molecule has 1 amide bonds. The summed E-state index contributed by atoms with van der Waals surface area (Å²) < 4.78 is 0. The number of rotatable bonds is 7. The minimum atomic E-state index is -0.297. The van der Waals surface area contributed by atoms with E-state index in [2.05, 4.69) is 35.7 Å². The molecule has 1 N–H and O–H groups in total. The minimum Gasteiger partial charge on any atom is -0.349 e. The van der Waals surface area contributed by atoms with E-state index < -0.39 is 0 Å². The molecule has 1 aliphatic rings. The smallest absolute Gasteiger partial charge is 0.234 e. The van der Waals surface area contributed by atoms with Crippen LogP contribution in [0.2, 0.25) is 0 Å². The molecule has 168 valence electrons. The second-order valence-corrected chi connectivity index (χ2v) is 9.76. The van der Waals surface area contributed by atoms with Gasteiger partial charge in [-0.2, -0.15) is 5.26 Å². The summed E-state index contributed by atoms with van der Waals surface area (Å²) in [5.41, 5.74) is 5.20. The molecule has 0 saturated heterocycles. The molecule has 1 heterocycles. The predicted octanol–water partition coefficient (Wildman–Crippen LogP) is 5.97. The summed E-state index contributed by atoms with van der Waals surface area (Å²) in [6.07, 6.45) is 3.50. The number of aryl methyl sites for hydroxylation is 1. The fourth-order valence-electron chi connectivity index (χ4n) is 4.41. The third-order valence-corrected chi connectivity index (χ3v) is 7.69. The monoisotopic (exact) mass is 455 g/mol. The van der Waals surface area contributed by atoms with Crippen molar-refractivity contribution in [2.24, 2.45) is 0 Å². The van der Waals surface area contributed by atoms with Crippen LogP contribution in [0.5, 0.6) is 0 Å². The number of hydrogen-bond acceptors (Lipinski definition) is 4. The summed E-state index contributed by atoms with van der Waals surface area (Å²) in [7, 11) is 0. The first-order chi connectivity index (χ1) is 16.1. The Bertz CT molecular complexity index is 1140. The first-order valence-corrected chi connectivity index (χ1v) is 12.5. The van der Waals surface area contributed by atoms with Crippen LogP contribution < -0.4 is 5.32 Å². The number of carbonyl (C=O) groups excluding carboxylic acids is 1. The van der Waals surface area contributed by atoms with Crippen LogP contribution in [-0.2, 0) is 17.6 Å². The number of nitrogens with one attached hydrogen (secondary N) is 1. The molecule has 3 atom stereocenters. The maximum Gasteiger partial charge on any atom is 0.234 e.